The molecule has 1 N–H and O–H groups in total. The average Bonchev–Trinajstić information content (AvgIpc) is 2.85. The summed E-state index contributed by atoms with van der Waals surface area (Å²) in [7, 11) is 0. The zero-order chi connectivity index (χ0) is 14.8. The highest BCUT2D eigenvalue weighted by molar-refractivity contribution is 5.79. The first-order chi connectivity index (χ1) is 10.1. The Labute approximate surface area is 129 Å². The van der Waals surface area contributed by atoms with E-state index in [1.165, 1.54) is 25.9 Å². The molecule has 3 aliphatic rings. The normalized spacial score (nSPS) is 32.2. The molecule has 3 rings (SSSR count). The molecule has 2 atom stereocenters. The first kappa shape index (κ1) is 15.3. The zero-order valence-electron chi connectivity index (χ0n) is 13.7. The van der Waals surface area contributed by atoms with Gasteiger partial charge in [-0.1, -0.05) is 0 Å². The smallest absolute Gasteiger partial charge is 0.225 e. The molecule has 4 heteroatoms. The van der Waals surface area contributed by atoms with E-state index >= 15 is 0 Å². The number of amides is 1. The van der Waals surface area contributed by atoms with E-state index in [2.05, 4.69) is 29.0 Å². The second kappa shape index (κ2) is 6.66. The first-order valence-electron chi connectivity index (χ1n) is 8.88. The number of nitrogens with zero attached hydrogens (tertiary/aromatic N) is 2. The average molecular weight is 293 g/mol. The Hall–Kier alpha value is -0.610. The van der Waals surface area contributed by atoms with Gasteiger partial charge in [-0.3, -0.25) is 4.79 Å². The largest absolute Gasteiger partial charge is 0.342 e. The molecule has 0 aromatic rings. The Morgan fingerprint density at radius 1 is 0.952 bits per heavy atom. The van der Waals surface area contributed by atoms with E-state index in [0.29, 0.717) is 11.9 Å². The number of piperidine rings is 1. The van der Waals surface area contributed by atoms with Crippen LogP contribution in [0.4, 0.5) is 0 Å². The Morgan fingerprint density at radius 2 is 1.52 bits per heavy atom. The highest BCUT2D eigenvalue weighted by Crippen LogP contribution is 2.29. The number of hydrogen-bond acceptors (Lipinski definition) is 3. The van der Waals surface area contributed by atoms with Crippen LogP contribution in [0.5, 0.6) is 0 Å². The fraction of sp³-hybridized carbons (Fsp3) is 0.941. The molecule has 4 nitrogen and oxygen atoms in total. The summed E-state index contributed by atoms with van der Waals surface area (Å²) in [6, 6.07) is 0.617. The maximum Gasteiger partial charge on any atom is 0.225 e. The van der Waals surface area contributed by atoms with Crippen molar-refractivity contribution in [3.8, 4) is 0 Å². The van der Waals surface area contributed by atoms with Crippen molar-refractivity contribution < 1.29 is 4.79 Å². The van der Waals surface area contributed by atoms with Crippen LogP contribution in [0.3, 0.4) is 0 Å². The van der Waals surface area contributed by atoms with E-state index in [9.17, 15) is 4.79 Å². The molecule has 0 aromatic carbocycles. The van der Waals surface area contributed by atoms with Gasteiger partial charge < -0.3 is 15.1 Å². The van der Waals surface area contributed by atoms with Gasteiger partial charge in [0.25, 0.3) is 0 Å². The summed E-state index contributed by atoms with van der Waals surface area (Å²) in [5, 5.41) is 3.51. The van der Waals surface area contributed by atoms with Gasteiger partial charge in [-0.15, -0.1) is 0 Å². The number of rotatable bonds is 2. The molecule has 3 fully saturated rings. The van der Waals surface area contributed by atoms with E-state index in [1.54, 1.807) is 0 Å². The molecule has 21 heavy (non-hydrogen) atoms. The quantitative estimate of drug-likeness (QED) is 0.839. The Bertz CT molecular complexity index is 349. The van der Waals surface area contributed by atoms with Crippen LogP contribution >= 0.6 is 0 Å². The maximum absolute atomic E-state index is 12.8. The van der Waals surface area contributed by atoms with Crippen molar-refractivity contribution in [2.75, 3.05) is 39.3 Å². The van der Waals surface area contributed by atoms with Gasteiger partial charge in [0.2, 0.25) is 5.91 Å². The van der Waals surface area contributed by atoms with Crippen LogP contribution in [0.15, 0.2) is 0 Å². The molecule has 0 aliphatic carbocycles. The molecule has 0 radical (unpaired) electrons. The number of nitrogens with one attached hydrogen (secondary N) is 1. The van der Waals surface area contributed by atoms with Crippen LogP contribution in [-0.4, -0.2) is 61.0 Å². The van der Waals surface area contributed by atoms with E-state index < -0.39 is 0 Å². The third-order valence-corrected chi connectivity index (χ3v) is 5.94. The standard InChI is InChI=1S/C17H31N3O/c1-13(2)19-7-3-14(4-8-19)17(21)20-9-5-15-11-18-12-16(15)6-10-20/h13-16,18H,3-12H2,1-2H3/t15-,16+. The first-order valence-corrected chi connectivity index (χ1v) is 8.88. The van der Waals surface area contributed by atoms with Gasteiger partial charge >= 0.3 is 0 Å². The van der Waals surface area contributed by atoms with Crippen molar-refractivity contribution in [2.45, 2.75) is 45.6 Å². The second-order valence-corrected chi connectivity index (χ2v) is 7.49. The van der Waals surface area contributed by atoms with Crippen LogP contribution in [0.25, 0.3) is 0 Å². The molecule has 0 saturated carbocycles. The third-order valence-electron chi connectivity index (χ3n) is 5.94. The fourth-order valence-corrected chi connectivity index (χ4v) is 4.36. The second-order valence-electron chi connectivity index (χ2n) is 7.49. The number of fused-ring (bicyclic) bond motifs is 1. The van der Waals surface area contributed by atoms with Gasteiger partial charge in [-0.25, -0.2) is 0 Å². The minimum Gasteiger partial charge on any atom is -0.342 e. The molecule has 0 spiro atoms. The Morgan fingerprint density at radius 3 is 2.05 bits per heavy atom. The molecular formula is C17H31N3O. The van der Waals surface area contributed by atoms with Crippen molar-refractivity contribution in [1.82, 2.24) is 15.1 Å². The molecule has 3 aliphatic heterocycles. The Kier molecular flexibility index (Phi) is 4.85. The lowest BCUT2D eigenvalue weighted by atomic mass is 9.92. The van der Waals surface area contributed by atoms with Gasteiger partial charge in [0, 0.05) is 25.0 Å². The molecule has 3 saturated heterocycles. The van der Waals surface area contributed by atoms with Crippen LogP contribution in [0.1, 0.15) is 39.5 Å². The lowest BCUT2D eigenvalue weighted by Gasteiger charge is -2.36. The minimum atomic E-state index is 0.288. The zero-order valence-corrected chi connectivity index (χ0v) is 13.7. The van der Waals surface area contributed by atoms with Crippen LogP contribution < -0.4 is 5.32 Å². The predicted molar refractivity (Wildman–Crippen MR) is 85.1 cm³/mol. The minimum absolute atomic E-state index is 0.288. The molecule has 0 unspecified atom stereocenters. The van der Waals surface area contributed by atoms with Gasteiger partial charge in [0.05, 0.1) is 0 Å². The van der Waals surface area contributed by atoms with Crippen molar-refractivity contribution >= 4 is 5.91 Å². The van der Waals surface area contributed by atoms with E-state index in [0.717, 1.165) is 50.9 Å². The molecule has 0 bridgehead atoms. The summed E-state index contributed by atoms with van der Waals surface area (Å²) in [4.78, 5) is 17.5. The molecule has 3 heterocycles. The molecular weight excluding hydrogens is 262 g/mol. The lowest BCUT2D eigenvalue weighted by Crippen LogP contribution is -2.44. The highest BCUT2D eigenvalue weighted by atomic mass is 16.2. The Balaban J connectivity index is 1.51. The van der Waals surface area contributed by atoms with Gasteiger partial charge in [-0.05, 0) is 77.5 Å². The van der Waals surface area contributed by atoms with Crippen LogP contribution in [0, 0.1) is 17.8 Å². The summed E-state index contributed by atoms with van der Waals surface area (Å²) in [5.74, 6) is 2.36. The van der Waals surface area contributed by atoms with E-state index in [-0.39, 0.29) is 5.92 Å². The predicted octanol–water partition coefficient (Wildman–Crippen LogP) is 1.56. The summed E-state index contributed by atoms with van der Waals surface area (Å²) >= 11 is 0. The van der Waals surface area contributed by atoms with Crippen molar-refractivity contribution in [3.63, 3.8) is 0 Å². The monoisotopic (exact) mass is 293 g/mol. The van der Waals surface area contributed by atoms with Gasteiger partial charge in [-0.2, -0.15) is 0 Å². The summed E-state index contributed by atoms with van der Waals surface area (Å²) in [6.07, 6.45) is 4.52. The number of likely N-dealkylation sites (tertiary alicyclic amines) is 2. The lowest BCUT2D eigenvalue weighted by molar-refractivity contribution is -0.137. The van der Waals surface area contributed by atoms with Crippen molar-refractivity contribution in [2.24, 2.45) is 17.8 Å². The van der Waals surface area contributed by atoms with Crippen molar-refractivity contribution in [3.05, 3.63) is 0 Å². The van der Waals surface area contributed by atoms with Gasteiger partial charge in [0.15, 0.2) is 0 Å². The summed E-state index contributed by atoms with van der Waals surface area (Å²) < 4.78 is 0. The molecule has 1 amide bonds. The van der Waals surface area contributed by atoms with Crippen LogP contribution in [-0.2, 0) is 4.79 Å². The number of hydrogen-bond donors (Lipinski definition) is 1. The number of carbonyl (C=O) groups excluding carboxylic acids is 1. The van der Waals surface area contributed by atoms with Crippen molar-refractivity contribution in [1.29, 1.82) is 0 Å². The topological polar surface area (TPSA) is 35.6 Å². The third kappa shape index (κ3) is 3.42. The van der Waals surface area contributed by atoms with Gasteiger partial charge in [0.1, 0.15) is 0 Å². The van der Waals surface area contributed by atoms with E-state index in [4.69, 9.17) is 0 Å². The highest BCUT2D eigenvalue weighted by Gasteiger charge is 2.34. The summed E-state index contributed by atoms with van der Waals surface area (Å²) in [6.45, 7) is 11.0. The van der Waals surface area contributed by atoms with Crippen LogP contribution in [0.2, 0.25) is 0 Å². The fourth-order valence-electron chi connectivity index (χ4n) is 4.36. The number of carbonyl (C=O) groups is 1. The SMILES string of the molecule is CC(C)N1CCC(C(=O)N2CC[C@@H]3CNC[C@@H]3CC2)CC1. The maximum atomic E-state index is 12.8. The summed E-state index contributed by atoms with van der Waals surface area (Å²) in [5.41, 5.74) is 0. The van der Waals surface area contributed by atoms with E-state index in [1.807, 2.05) is 0 Å². The molecule has 0 aromatic heterocycles. The molecule has 120 valence electrons.